The van der Waals surface area contributed by atoms with Crippen LogP contribution >= 0.6 is 0 Å². The molecule has 0 aliphatic carbocycles. The predicted molar refractivity (Wildman–Crippen MR) is 94.9 cm³/mol. The molecule has 0 aliphatic heterocycles. The highest BCUT2D eigenvalue weighted by atomic mass is 17.6. The van der Waals surface area contributed by atoms with Gasteiger partial charge >= 0.3 is 0 Å². The van der Waals surface area contributed by atoms with Crippen molar-refractivity contribution in [3.05, 3.63) is 0 Å². The summed E-state index contributed by atoms with van der Waals surface area (Å²) in [7, 11) is 0. The van der Waals surface area contributed by atoms with Gasteiger partial charge in [-0.05, 0) is 29.3 Å². The summed E-state index contributed by atoms with van der Waals surface area (Å²) in [5.41, 5.74) is -0.309. The largest absolute Gasteiger partial charge is 0.219 e. The van der Waals surface area contributed by atoms with Gasteiger partial charge in [0, 0.05) is 0 Å². The van der Waals surface area contributed by atoms with Crippen molar-refractivity contribution in [1.82, 2.24) is 0 Å². The molecule has 0 aromatic carbocycles. The van der Waals surface area contributed by atoms with Gasteiger partial charge in [0.15, 0.2) is 0 Å². The maximum atomic E-state index is 8.45. The predicted octanol–water partition coefficient (Wildman–Crippen LogP) is 6.99. The summed E-state index contributed by atoms with van der Waals surface area (Å²) in [6.07, 6.45) is 17.8. The van der Waals surface area contributed by atoms with Crippen molar-refractivity contribution in [2.75, 3.05) is 0 Å². The Morgan fingerprint density at radius 3 is 1.52 bits per heavy atom. The molecule has 0 aromatic rings. The van der Waals surface area contributed by atoms with Crippen LogP contribution in [0.1, 0.15) is 117 Å². The summed E-state index contributed by atoms with van der Waals surface area (Å²) in [5, 5.41) is 16.6. The van der Waals surface area contributed by atoms with Crippen LogP contribution in [0, 0.1) is 0 Å². The summed E-state index contributed by atoms with van der Waals surface area (Å²) < 4.78 is 0. The van der Waals surface area contributed by atoms with E-state index in [0.29, 0.717) is 0 Å². The van der Waals surface area contributed by atoms with E-state index in [9.17, 15) is 0 Å². The average molecular weight is 333 g/mol. The van der Waals surface area contributed by atoms with Gasteiger partial charge < -0.3 is 0 Å². The highest BCUT2D eigenvalue weighted by molar-refractivity contribution is 4.79. The van der Waals surface area contributed by atoms with Crippen molar-refractivity contribution in [2.45, 2.75) is 123 Å². The number of hydrogen-bond acceptors (Lipinski definition) is 4. The molecule has 4 nitrogen and oxygen atoms in total. The fourth-order valence-corrected chi connectivity index (χ4v) is 3.17. The maximum Gasteiger partial charge on any atom is 0.107 e. The molecule has 0 unspecified atom stereocenters. The minimum atomic E-state index is -0.309. The van der Waals surface area contributed by atoms with Gasteiger partial charge in [-0.2, -0.15) is 4.89 Å². The molecular weight excluding hydrogens is 292 g/mol. The highest BCUT2D eigenvalue weighted by Gasteiger charge is 2.31. The van der Waals surface area contributed by atoms with Crippen molar-refractivity contribution >= 4 is 0 Å². The van der Waals surface area contributed by atoms with Gasteiger partial charge in [0.1, 0.15) is 5.60 Å². The lowest BCUT2D eigenvalue weighted by atomic mass is 9.85. The second kappa shape index (κ2) is 16.7. The van der Waals surface area contributed by atoms with Crippen LogP contribution < -0.4 is 0 Å². The molecule has 0 saturated carbocycles. The molecule has 0 amide bonds. The Labute approximate surface area is 143 Å². The molecule has 0 atom stereocenters. The lowest BCUT2D eigenvalue weighted by Gasteiger charge is -2.31. The minimum absolute atomic E-state index is 0.309. The van der Waals surface area contributed by atoms with Crippen molar-refractivity contribution < 1.29 is 20.2 Å². The number of hydrogen-bond donors (Lipinski definition) is 1. The van der Waals surface area contributed by atoms with Crippen LogP contribution in [0.25, 0.3) is 0 Å². The van der Waals surface area contributed by atoms with E-state index in [2.05, 4.69) is 30.8 Å². The van der Waals surface area contributed by atoms with Crippen LogP contribution in [0.5, 0.6) is 0 Å². The Kier molecular flexibility index (Phi) is 16.6. The third kappa shape index (κ3) is 12.9. The molecule has 0 aliphatic rings. The maximum absolute atomic E-state index is 8.45. The Balaban J connectivity index is 4.14. The molecule has 23 heavy (non-hydrogen) atoms. The molecule has 0 spiro atoms. The zero-order valence-corrected chi connectivity index (χ0v) is 15.8. The first-order valence-electron chi connectivity index (χ1n) is 9.90. The first kappa shape index (κ1) is 22.8. The van der Waals surface area contributed by atoms with Crippen LogP contribution in [0.15, 0.2) is 0 Å². The molecular formula is C19H40O4. The first-order valence-corrected chi connectivity index (χ1v) is 9.90. The molecule has 140 valence electrons. The standard InChI is InChI=1S/C19H40O4/c1-4-7-10-11-12-13-14-15-18-19(16-8-5-2,17-9-6-3)21-23-22-20/h20H,4-18H2,1-3H3. The summed E-state index contributed by atoms with van der Waals surface area (Å²) >= 11 is 0. The molecule has 0 rings (SSSR count). The van der Waals surface area contributed by atoms with Crippen LogP contribution in [-0.2, 0) is 15.0 Å². The lowest BCUT2D eigenvalue weighted by Crippen LogP contribution is -2.33. The fourth-order valence-electron chi connectivity index (χ4n) is 3.17. The topological polar surface area (TPSA) is 47.9 Å². The van der Waals surface area contributed by atoms with Gasteiger partial charge in [0.05, 0.1) is 0 Å². The van der Waals surface area contributed by atoms with Gasteiger partial charge in [0.25, 0.3) is 0 Å². The van der Waals surface area contributed by atoms with Crippen molar-refractivity contribution in [3.8, 4) is 0 Å². The SMILES string of the molecule is CCCCCCCCCCC(CCCC)(CCCC)OOOO. The van der Waals surface area contributed by atoms with Crippen molar-refractivity contribution in [2.24, 2.45) is 0 Å². The van der Waals surface area contributed by atoms with Crippen molar-refractivity contribution in [3.63, 3.8) is 0 Å². The van der Waals surface area contributed by atoms with E-state index in [0.717, 1.165) is 51.4 Å². The molecule has 4 heteroatoms. The third-order valence-corrected chi connectivity index (χ3v) is 4.70. The first-order chi connectivity index (χ1) is 11.2. The van der Waals surface area contributed by atoms with E-state index in [1.54, 1.807) is 0 Å². The normalized spacial score (nSPS) is 12.0. The van der Waals surface area contributed by atoms with Gasteiger partial charge in [-0.15, -0.1) is 0 Å². The Hall–Kier alpha value is -0.160. The summed E-state index contributed by atoms with van der Waals surface area (Å²) in [6, 6.07) is 0. The summed E-state index contributed by atoms with van der Waals surface area (Å²) in [6.45, 7) is 6.62. The van der Waals surface area contributed by atoms with Gasteiger partial charge in [-0.3, -0.25) is 0 Å². The quantitative estimate of drug-likeness (QED) is 0.167. The van der Waals surface area contributed by atoms with Crippen molar-refractivity contribution in [1.29, 1.82) is 0 Å². The second-order valence-electron chi connectivity index (χ2n) is 6.84. The molecule has 0 heterocycles. The summed E-state index contributed by atoms with van der Waals surface area (Å²) in [5.74, 6) is 0. The minimum Gasteiger partial charge on any atom is -0.219 e. The van der Waals surface area contributed by atoms with Gasteiger partial charge in [-0.1, -0.05) is 97.8 Å². The van der Waals surface area contributed by atoms with Crippen LogP contribution in [0.2, 0.25) is 0 Å². The number of rotatable bonds is 18. The third-order valence-electron chi connectivity index (χ3n) is 4.70. The molecule has 0 bridgehead atoms. The van der Waals surface area contributed by atoms with E-state index in [1.807, 2.05) is 0 Å². The fraction of sp³-hybridized carbons (Fsp3) is 1.00. The Morgan fingerprint density at radius 1 is 0.609 bits per heavy atom. The van der Waals surface area contributed by atoms with Crippen LogP contribution in [0.4, 0.5) is 0 Å². The monoisotopic (exact) mass is 332 g/mol. The van der Waals surface area contributed by atoms with E-state index in [4.69, 9.17) is 10.1 Å². The van der Waals surface area contributed by atoms with E-state index >= 15 is 0 Å². The van der Waals surface area contributed by atoms with Gasteiger partial charge in [0.2, 0.25) is 0 Å². The van der Waals surface area contributed by atoms with Gasteiger partial charge in [-0.25, -0.2) is 5.26 Å². The van der Waals surface area contributed by atoms with E-state index in [1.165, 1.54) is 44.9 Å². The number of unbranched alkanes of at least 4 members (excludes halogenated alkanes) is 9. The Bertz CT molecular complexity index is 212. The lowest BCUT2D eigenvalue weighted by molar-refractivity contribution is -0.643. The zero-order valence-electron chi connectivity index (χ0n) is 15.8. The second-order valence-corrected chi connectivity index (χ2v) is 6.84. The van der Waals surface area contributed by atoms with Crippen LogP contribution in [-0.4, -0.2) is 10.9 Å². The molecule has 0 radical (unpaired) electrons. The zero-order chi connectivity index (χ0) is 17.2. The smallest absolute Gasteiger partial charge is 0.107 e. The highest BCUT2D eigenvalue weighted by Crippen LogP contribution is 2.32. The van der Waals surface area contributed by atoms with E-state index in [-0.39, 0.29) is 5.60 Å². The average Bonchev–Trinajstić information content (AvgIpc) is 2.58. The Morgan fingerprint density at radius 2 is 1.04 bits per heavy atom. The molecule has 0 fully saturated rings. The molecule has 0 aromatic heterocycles. The van der Waals surface area contributed by atoms with E-state index < -0.39 is 0 Å². The summed E-state index contributed by atoms with van der Waals surface area (Å²) in [4.78, 5) is 5.47. The molecule has 1 N–H and O–H groups in total. The van der Waals surface area contributed by atoms with Crippen LogP contribution in [0.3, 0.4) is 0 Å². The molecule has 0 saturated heterocycles.